The smallest absolute Gasteiger partial charge is 0.200 e. The first-order chi connectivity index (χ1) is 7.16. The van der Waals surface area contributed by atoms with E-state index >= 15 is 0 Å². The van der Waals surface area contributed by atoms with E-state index in [0.717, 1.165) is 17.2 Å². The molecule has 1 aromatic carbocycles. The van der Waals surface area contributed by atoms with Crippen LogP contribution in [0.2, 0.25) is 0 Å². The highest BCUT2D eigenvalue weighted by atomic mass is 32.1. The number of aromatic nitrogens is 1. The van der Waals surface area contributed by atoms with E-state index < -0.39 is 0 Å². The molecule has 0 unspecified atom stereocenters. The van der Waals surface area contributed by atoms with Crippen molar-refractivity contribution >= 4 is 26.7 Å². The van der Waals surface area contributed by atoms with Gasteiger partial charge in [-0.1, -0.05) is 37.3 Å². The lowest BCUT2D eigenvalue weighted by Crippen LogP contribution is -2.34. The predicted octanol–water partition coefficient (Wildman–Crippen LogP) is 2.63. The van der Waals surface area contributed by atoms with Gasteiger partial charge in [-0.25, -0.2) is 10.8 Å². The van der Waals surface area contributed by atoms with E-state index in [0.29, 0.717) is 5.92 Å². The van der Waals surface area contributed by atoms with Gasteiger partial charge < -0.3 is 0 Å². The van der Waals surface area contributed by atoms with Crippen LogP contribution in [0.5, 0.6) is 0 Å². The number of hydrogen-bond donors (Lipinski definition) is 1. The Balaban J connectivity index is 2.28. The molecule has 4 heteroatoms. The molecule has 80 valence electrons. The van der Waals surface area contributed by atoms with Crippen LogP contribution in [0.4, 0.5) is 5.13 Å². The van der Waals surface area contributed by atoms with Gasteiger partial charge in [-0.15, -0.1) is 0 Å². The normalized spacial score (nSPS) is 11.2. The Morgan fingerprint density at radius 3 is 2.80 bits per heavy atom. The number of rotatable bonds is 3. The maximum Gasteiger partial charge on any atom is 0.200 e. The molecule has 3 nitrogen and oxygen atoms in total. The van der Waals surface area contributed by atoms with Gasteiger partial charge in [0.2, 0.25) is 5.13 Å². The van der Waals surface area contributed by atoms with Gasteiger partial charge >= 0.3 is 0 Å². The van der Waals surface area contributed by atoms with E-state index in [9.17, 15) is 0 Å². The SMILES string of the molecule is CC(C)CN(N)c1nc2ccccc2s1. The second-order valence-corrected chi connectivity index (χ2v) is 5.02. The minimum atomic E-state index is 0.544. The first kappa shape index (κ1) is 10.4. The molecule has 0 radical (unpaired) electrons. The van der Waals surface area contributed by atoms with Crippen LogP contribution < -0.4 is 10.9 Å². The van der Waals surface area contributed by atoms with Gasteiger partial charge in [-0.3, -0.25) is 5.01 Å². The van der Waals surface area contributed by atoms with E-state index in [1.165, 1.54) is 4.70 Å². The standard InChI is InChI=1S/C11H15N3S/c1-8(2)7-14(12)11-13-9-5-3-4-6-10(9)15-11/h3-6,8H,7,12H2,1-2H3. The maximum absolute atomic E-state index is 5.94. The fourth-order valence-electron chi connectivity index (χ4n) is 1.45. The Morgan fingerprint density at radius 1 is 1.40 bits per heavy atom. The largest absolute Gasteiger partial charge is 0.286 e. The number of hydrogen-bond acceptors (Lipinski definition) is 4. The fourth-order valence-corrected chi connectivity index (χ4v) is 2.35. The average Bonchev–Trinajstić information content (AvgIpc) is 2.59. The van der Waals surface area contributed by atoms with E-state index in [1.807, 2.05) is 18.2 Å². The monoisotopic (exact) mass is 221 g/mol. The number of fused-ring (bicyclic) bond motifs is 1. The van der Waals surface area contributed by atoms with Gasteiger partial charge in [0, 0.05) is 6.54 Å². The third kappa shape index (κ3) is 2.27. The van der Waals surface area contributed by atoms with Crippen molar-refractivity contribution in [1.82, 2.24) is 4.98 Å². The Bertz CT molecular complexity index is 417. The number of anilines is 1. The Labute approximate surface area is 93.5 Å². The molecule has 1 aromatic heterocycles. The van der Waals surface area contributed by atoms with Crippen LogP contribution in [0.3, 0.4) is 0 Å². The number of nitrogens with two attached hydrogens (primary N) is 1. The molecule has 0 aliphatic heterocycles. The van der Waals surface area contributed by atoms with E-state index in [1.54, 1.807) is 16.3 Å². The van der Waals surface area contributed by atoms with Crippen LogP contribution in [0, 0.1) is 5.92 Å². The van der Waals surface area contributed by atoms with Crippen LogP contribution in [-0.2, 0) is 0 Å². The Kier molecular flexibility index (Phi) is 2.88. The zero-order valence-electron chi connectivity index (χ0n) is 8.97. The summed E-state index contributed by atoms with van der Waals surface area (Å²) in [6.45, 7) is 5.13. The number of benzene rings is 1. The summed E-state index contributed by atoms with van der Waals surface area (Å²) in [5.41, 5.74) is 1.02. The molecule has 0 aliphatic carbocycles. The topological polar surface area (TPSA) is 42.1 Å². The molecule has 15 heavy (non-hydrogen) atoms. The molecule has 1 heterocycles. The minimum Gasteiger partial charge on any atom is -0.286 e. The summed E-state index contributed by atoms with van der Waals surface area (Å²) in [7, 11) is 0. The van der Waals surface area contributed by atoms with Crippen LogP contribution in [0.15, 0.2) is 24.3 Å². The average molecular weight is 221 g/mol. The molecule has 0 fully saturated rings. The Morgan fingerprint density at radius 2 is 2.13 bits per heavy atom. The van der Waals surface area contributed by atoms with Crippen molar-refractivity contribution in [2.45, 2.75) is 13.8 Å². The molecule has 0 aliphatic rings. The first-order valence-electron chi connectivity index (χ1n) is 5.04. The number of thiazole rings is 1. The molecule has 2 rings (SSSR count). The zero-order valence-corrected chi connectivity index (χ0v) is 9.79. The van der Waals surface area contributed by atoms with Crippen molar-refractivity contribution in [3.05, 3.63) is 24.3 Å². The number of nitrogens with zero attached hydrogens (tertiary/aromatic N) is 2. The van der Waals surface area contributed by atoms with E-state index in [-0.39, 0.29) is 0 Å². The van der Waals surface area contributed by atoms with Crippen molar-refractivity contribution in [2.24, 2.45) is 11.8 Å². The summed E-state index contributed by atoms with van der Waals surface area (Å²) < 4.78 is 1.19. The van der Waals surface area contributed by atoms with Gasteiger partial charge in [0.05, 0.1) is 10.2 Å². The molecule has 0 saturated carbocycles. The molecule has 2 N–H and O–H groups in total. The Hall–Kier alpha value is -1.13. The molecular formula is C11H15N3S. The first-order valence-corrected chi connectivity index (χ1v) is 5.86. The van der Waals surface area contributed by atoms with Crippen LogP contribution in [0.25, 0.3) is 10.2 Å². The quantitative estimate of drug-likeness (QED) is 0.640. The molecule has 0 bridgehead atoms. The van der Waals surface area contributed by atoms with Crippen molar-refractivity contribution in [3.63, 3.8) is 0 Å². The number of hydrazine groups is 1. The van der Waals surface area contributed by atoms with E-state index in [2.05, 4.69) is 24.9 Å². The summed E-state index contributed by atoms with van der Waals surface area (Å²) >= 11 is 1.64. The molecule has 0 amide bonds. The second kappa shape index (κ2) is 4.16. The maximum atomic E-state index is 5.94. The molecule has 0 atom stereocenters. The third-order valence-electron chi connectivity index (χ3n) is 2.09. The fraction of sp³-hybridized carbons (Fsp3) is 0.364. The molecule has 2 aromatic rings. The second-order valence-electron chi connectivity index (χ2n) is 4.01. The lowest BCUT2D eigenvalue weighted by molar-refractivity contribution is 0.620. The highest BCUT2D eigenvalue weighted by molar-refractivity contribution is 7.22. The summed E-state index contributed by atoms with van der Waals surface area (Å²) in [4.78, 5) is 4.49. The lowest BCUT2D eigenvalue weighted by atomic mass is 10.2. The zero-order chi connectivity index (χ0) is 10.8. The van der Waals surface area contributed by atoms with Gasteiger partial charge in [0.1, 0.15) is 0 Å². The highest BCUT2D eigenvalue weighted by Gasteiger charge is 2.09. The molecular weight excluding hydrogens is 206 g/mol. The van der Waals surface area contributed by atoms with E-state index in [4.69, 9.17) is 5.84 Å². The summed E-state index contributed by atoms with van der Waals surface area (Å²) in [5, 5.41) is 2.62. The lowest BCUT2D eigenvalue weighted by Gasteiger charge is -2.16. The van der Waals surface area contributed by atoms with Crippen molar-refractivity contribution < 1.29 is 0 Å². The molecule has 0 spiro atoms. The van der Waals surface area contributed by atoms with Gasteiger partial charge in [-0.05, 0) is 18.1 Å². The van der Waals surface area contributed by atoms with Gasteiger partial charge in [0.25, 0.3) is 0 Å². The molecule has 0 saturated heterocycles. The van der Waals surface area contributed by atoms with Crippen molar-refractivity contribution in [1.29, 1.82) is 0 Å². The highest BCUT2D eigenvalue weighted by Crippen LogP contribution is 2.27. The van der Waals surface area contributed by atoms with Gasteiger partial charge in [-0.2, -0.15) is 0 Å². The third-order valence-corrected chi connectivity index (χ3v) is 3.16. The van der Waals surface area contributed by atoms with Crippen molar-refractivity contribution in [2.75, 3.05) is 11.6 Å². The van der Waals surface area contributed by atoms with Crippen molar-refractivity contribution in [3.8, 4) is 0 Å². The predicted molar refractivity (Wildman–Crippen MR) is 66.0 cm³/mol. The van der Waals surface area contributed by atoms with Crippen LogP contribution in [-0.4, -0.2) is 11.5 Å². The summed E-state index contributed by atoms with van der Waals surface area (Å²) in [6.07, 6.45) is 0. The van der Waals surface area contributed by atoms with Gasteiger partial charge in [0.15, 0.2) is 0 Å². The van der Waals surface area contributed by atoms with Crippen LogP contribution >= 0.6 is 11.3 Å². The number of para-hydroxylation sites is 1. The minimum absolute atomic E-state index is 0.544. The summed E-state index contributed by atoms with van der Waals surface area (Å²) in [6, 6.07) is 8.10. The van der Waals surface area contributed by atoms with Crippen LogP contribution in [0.1, 0.15) is 13.8 Å². The summed E-state index contributed by atoms with van der Waals surface area (Å²) in [5.74, 6) is 6.48.